The summed E-state index contributed by atoms with van der Waals surface area (Å²) in [4.78, 5) is 12.9. The Morgan fingerprint density at radius 3 is 2.09 bits per heavy atom. The Kier molecular flexibility index (Phi) is 9.81. The Hall–Kier alpha value is -4.21. The maximum atomic E-state index is 14.8. The molecule has 0 spiro atoms. The number of hydrogen-bond donors (Lipinski definition) is 1. The third kappa shape index (κ3) is 7.29. The summed E-state index contributed by atoms with van der Waals surface area (Å²) in [7, 11) is -3.17. The van der Waals surface area contributed by atoms with Crippen molar-refractivity contribution < 1.29 is 31.8 Å². The maximum absolute atomic E-state index is 14.8. The number of methoxy groups -OCH3 is 1. The van der Waals surface area contributed by atoms with E-state index in [0.717, 1.165) is 22.8 Å². The van der Waals surface area contributed by atoms with Crippen LogP contribution in [0.3, 0.4) is 0 Å². The van der Waals surface area contributed by atoms with Crippen molar-refractivity contribution >= 4 is 21.7 Å². The molecule has 1 N–H and O–H groups in total. The highest BCUT2D eigenvalue weighted by Gasteiger charge is 2.36. The third-order valence-corrected chi connectivity index (χ3v) is 8.45. The number of anilines is 1. The van der Waals surface area contributed by atoms with E-state index in [1.165, 1.54) is 25.3 Å². The van der Waals surface area contributed by atoms with Gasteiger partial charge in [-0.05, 0) is 75.9 Å². The number of nitrogens with one attached hydrogen (secondary N) is 1. The Balaban J connectivity index is 2.06. The Labute approximate surface area is 259 Å². The lowest BCUT2D eigenvalue weighted by molar-refractivity contribution is -0.164. The molecule has 4 aromatic rings. The van der Waals surface area contributed by atoms with E-state index in [0.29, 0.717) is 22.3 Å². The predicted molar refractivity (Wildman–Crippen MR) is 170 cm³/mol. The summed E-state index contributed by atoms with van der Waals surface area (Å²) < 4.78 is 62.6. The van der Waals surface area contributed by atoms with Gasteiger partial charge >= 0.3 is 5.97 Å². The van der Waals surface area contributed by atoms with Gasteiger partial charge < -0.3 is 14.2 Å². The molecule has 232 valence electrons. The van der Waals surface area contributed by atoms with Crippen LogP contribution in [-0.2, 0) is 30.9 Å². The smallest absolute Gasteiger partial charge is 0.339 e. The van der Waals surface area contributed by atoms with Gasteiger partial charge in [0, 0.05) is 11.1 Å². The molecule has 4 aromatic carbocycles. The molecule has 0 amide bonds. The fourth-order valence-electron chi connectivity index (χ4n) is 4.99. The van der Waals surface area contributed by atoms with Crippen molar-refractivity contribution in [2.75, 3.05) is 11.8 Å². The Bertz CT molecular complexity index is 1750. The topological polar surface area (TPSA) is 90.9 Å². The number of esters is 1. The van der Waals surface area contributed by atoms with Crippen molar-refractivity contribution in [2.45, 2.75) is 64.7 Å². The van der Waals surface area contributed by atoms with Crippen LogP contribution in [0.2, 0.25) is 0 Å². The normalized spacial score (nSPS) is 12.5. The molecule has 4 rings (SSSR count). The molecule has 44 heavy (non-hydrogen) atoms. The minimum atomic E-state index is -4.44. The van der Waals surface area contributed by atoms with Gasteiger partial charge in [0.1, 0.15) is 23.1 Å². The molecule has 0 aromatic heterocycles. The first-order valence-electron chi connectivity index (χ1n) is 14.2. The molecule has 1 atom stereocenters. The number of benzene rings is 4. The average Bonchev–Trinajstić information content (AvgIpc) is 2.97. The van der Waals surface area contributed by atoms with Gasteiger partial charge in [0.25, 0.3) is 10.0 Å². The van der Waals surface area contributed by atoms with Gasteiger partial charge in [0.2, 0.25) is 0 Å². The molecular formula is C35H38FNO6S. The Morgan fingerprint density at radius 2 is 1.50 bits per heavy atom. The van der Waals surface area contributed by atoms with E-state index in [9.17, 15) is 17.6 Å². The molecule has 0 fully saturated rings. The summed E-state index contributed by atoms with van der Waals surface area (Å²) in [6.45, 7) is 11.0. The number of carbonyl (C=O) groups excluding carboxylic acids is 1. The second kappa shape index (κ2) is 13.2. The SMILES string of the molecule is COC(=O)[C@@H](OC(C)(C)C)c1c(C)c(NS(=O)(=O)c2ccccc2F)c(OCc2ccccc2)c(C)c1-c1ccc(C)cc1. The summed E-state index contributed by atoms with van der Waals surface area (Å²) in [5, 5.41) is 0. The molecule has 0 heterocycles. The second-order valence-electron chi connectivity index (χ2n) is 11.6. The van der Waals surface area contributed by atoms with Crippen LogP contribution >= 0.6 is 0 Å². The van der Waals surface area contributed by atoms with E-state index in [1.54, 1.807) is 13.8 Å². The van der Waals surface area contributed by atoms with Crippen LogP contribution in [-0.4, -0.2) is 27.1 Å². The molecule has 7 nitrogen and oxygen atoms in total. The minimum Gasteiger partial charge on any atom is -0.486 e. The predicted octanol–water partition coefficient (Wildman–Crippen LogP) is 7.83. The van der Waals surface area contributed by atoms with Gasteiger partial charge in [-0.1, -0.05) is 72.3 Å². The van der Waals surface area contributed by atoms with Crippen LogP contribution < -0.4 is 9.46 Å². The number of carbonyl (C=O) groups is 1. The van der Waals surface area contributed by atoms with Gasteiger partial charge in [-0.25, -0.2) is 17.6 Å². The van der Waals surface area contributed by atoms with E-state index in [1.807, 2.05) is 82.3 Å². The number of halogens is 1. The zero-order chi connectivity index (χ0) is 32.2. The summed E-state index contributed by atoms with van der Waals surface area (Å²) in [6.07, 6.45) is -1.23. The van der Waals surface area contributed by atoms with Crippen LogP contribution in [0, 0.1) is 26.6 Å². The maximum Gasteiger partial charge on any atom is 0.339 e. The van der Waals surface area contributed by atoms with Crippen LogP contribution in [0.4, 0.5) is 10.1 Å². The molecule has 0 aliphatic heterocycles. The molecule has 0 radical (unpaired) electrons. The first kappa shape index (κ1) is 32.7. The lowest BCUT2D eigenvalue weighted by atomic mass is 9.86. The molecular weight excluding hydrogens is 581 g/mol. The minimum absolute atomic E-state index is 0.0685. The van der Waals surface area contributed by atoms with Crippen LogP contribution in [0.1, 0.15) is 54.7 Å². The summed E-state index contributed by atoms with van der Waals surface area (Å²) >= 11 is 0. The monoisotopic (exact) mass is 619 g/mol. The fourth-order valence-corrected chi connectivity index (χ4v) is 6.19. The molecule has 0 aliphatic rings. The van der Waals surface area contributed by atoms with Crippen molar-refractivity contribution in [1.82, 2.24) is 0 Å². The Morgan fingerprint density at radius 1 is 0.886 bits per heavy atom. The van der Waals surface area contributed by atoms with E-state index < -0.39 is 38.4 Å². The molecule has 0 saturated carbocycles. The molecule has 9 heteroatoms. The highest BCUT2D eigenvalue weighted by molar-refractivity contribution is 7.92. The van der Waals surface area contributed by atoms with Crippen LogP contribution in [0.25, 0.3) is 11.1 Å². The summed E-state index contributed by atoms with van der Waals surface area (Å²) in [6, 6.07) is 22.3. The quantitative estimate of drug-likeness (QED) is 0.182. The lowest BCUT2D eigenvalue weighted by Gasteiger charge is -2.31. The number of aryl methyl sites for hydroxylation is 1. The molecule has 0 saturated heterocycles. The lowest BCUT2D eigenvalue weighted by Crippen LogP contribution is -2.29. The first-order chi connectivity index (χ1) is 20.7. The third-order valence-electron chi connectivity index (χ3n) is 7.07. The zero-order valence-corrected chi connectivity index (χ0v) is 26.8. The van der Waals surface area contributed by atoms with Crippen molar-refractivity contribution in [1.29, 1.82) is 0 Å². The van der Waals surface area contributed by atoms with Gasteiger partial charge in [0.05, 0.1) is 18.4 Å². The second-order valence-corrected chi connectivity index (χ2v) is 13.2. The van der Waals surface area contributed by atoms with Gasteiger partial charge in [-0.3, -0.25) is 4.72 Å². The largest absolute Gasteiger partial charge is 0.486 e. The van der Waals surface area contributed by atoms with Crippen molar-refractivity contribution in [3.8, 4) is 16.9 Å². The van der Waals surface area contributed by atoms with Crippen molar-refractivity contribution in [2.24, 2.45) is 0 Å². The number of rotatable bonds is 10. The van der Waals surface area contributed by atoms with E-state index in [2.05, 4.69) is 4.72 Å². The van der Waals surface area contributed by atoms with Crippen LogP contribution in [0.5, 0.6) is 5.75 Å². The molecule has 0 unspecified atom stereocenters. The molecule has 0 aliphatic carbocycles. The highest BCUT2D eigenvalue weighted by Crippen LogP contribution is 2.47. The average molecular weight is 620 g/mol. The number of ether oxygens (including phenoxy) is 3. The van der Waals surface area contributed by atoms with Crippen LogP contribution in [0.15, 0.2) is 83.8 Å². The molecule has 0 bridgehead atoms. The van der Waals surface area contributed by atoms with E-state index in [-0.39, 0.29) is 18.0 Å². The van der Waals surface area contributed by atoms with E-state index in [4.69, 9.17) is 14.2 Å². The zero-order valence-electron chi connectivity index (χ0n) is 26.0. The fraction of sp³-hybridized carbons (Fsp3) is 0.286. The number of hydrogen-bond acceptors (Lipinski definition) is 6. The highest BCUT2D eigenvalue weighted by atomic mass is 32.2. The van der Waals surface area contributed by atoms with Gasteiger partial charge in [-0.15, -0.1) is 0 Å². The summed E-state index contributed by atoms with van der Waals surface area (Å²) in [5.74, 6) is -1.32. The first-order valence-corrected chi connectivity index (χ1v) is 15.7. The van der Waals surface area contributed by atoms with Crippen molar-refractivity contribution in [3.05, 3.63) is 112 Å². The van der Waals surface area contributed by atoms with Crippen molar-refractivity contribution in [3.63, 3.8) is 0 Å². The standard InChI is InChI=1S/C35H38FNO6S/c1-22-17-19-26(20-18-22)29-24(3)32(42-21-25-13-9-8-10-14-25)31(37-44(39,40)28-16-12-11-15-27(28)36)23(2)30(29)33(34(38)41-7)43-35(4,5)6/h8-20,33,37H,21H2,1-7H3/t33-/m0/s1. The summed E-state index contributed by atoms with van der Waals surface area (Å²) in [5.41, 5.74) is 3.93. The van der Waals surface area contributed by atoms with Gasteiger partial charge in [0.15, 0.2) is 6.10 Å². The van der Waals surface area contributed by atoms with E-state index >= 15 is 0 Å². The number of sulfonamides is 1. The van der Waals surface area contributed by atoms with Gasteiger partial charge in [-0.2, -0.15) is 0 Å².